The number of aliphatic carboxylic acids is 1. The van der Waals surface area contributed by atoms with Gasteiger partial charge in [0.2, 0.25) is 0 Å². The lowest BCUT2D eigenvalue weighted by Crippen LogP contribution is -2.29. The lowest BCUT2D eigenvalue weighted by molar-refractivity contribution is -0.137. The quantitative estimate of drug-likeness (QED) is 0.842. The second-order valence-corrected chi connectivity index (χ2v) is 5.05. The van der Waals surface area contributed by atoms with E-state index in [-0.39, 0.29) is 18.0 Å². The van der Waals surface area contributed by atoms with Gasteiger partial charge < -0.3 is 14.7 Å². The molecule has 1 heterocycles. The predicted octanol–water partition coefficient (Wildman–Crippen LogP) is 1.82. The van der Waals surface area contributed by atoms with E-state index in [9.17, 15) is 9.59 Å². The molecule has 23 heavy (non-hydrogen) atoms. The molecule has 1 aromatic carbocycles. The maximum absolute atomic E-state index is 12.5. The number of ether oxygens (including phenoxy) is 1. The van der Waals surface area contributed by atoms with Crippen LogP contribution in [0, 0.1) is 0 Å². The minimum atomic E-state index is -0.878. The normalized spacial score (nSPS) is 10.3. The monoisotopic (exact) mass is 317 g/mol. The van der Waals surface area contributed by atoms with Crippen LogP contribution in [-0.2, 0) is 4.79 Å². The average Bonchev–Trinajstić information content (AvgIpc) is 2.98. The van der Waals surface area contributed by atoms with Gasteiger partial charge in [-0.1, -0.05) is 18.2 Å². The van der Waals surface area contributed by atoms with Gasteiger partial charge in [0.25, 0.3) is 5.91 Å². The van der Waals surface area contributed by atoms with Crippen molar-refractivity contribution in [2.24, 2.45) is 0 Å². The van der Waals surface area contributed by atoms with Gasteiger partial charge in [-0.3, -0.25) is 9.59 Å². The summed E-state index contributed by atoms with van der Waals surface area (Å²) in [6.45, 7) is 0.340. The number of rotatable bonds is 7. The van der Waals surface area contributed by atoms with Gasteiger partial charge in [0.15, 0.2) is 11.4 Å². The van der Waals surface area contributed by atoms with Crippen molar-refractivity contribution in [2.75, 3.05) is 20.7 Å². The van der Waals surface area contributed by atoms with Crippen LogP contribution in [0.15, 0.2) is 36.5 Å². The number of carboxylic acid groups (broad SMARTS) is 1. The minimum Gasteiger partial charge on any atom is -0.493 e. The van der Waals surface area contributed by atoms with Crippen molar-refractivity contribution in [3.8, 4) is 11.4 Å². The van der Waals surface area contributed by atoms with Crippen LogP contribution < -0.4 is 4.74 Å². The first-order valence-corrected chi connectivity index (χ1v) is 7.19. The standard InChI is InChI=1S/C16H19N3O4/c1-18(10-6-9-14(20)21)16(22)15-13(23-2)11-19(17-15)12-7-4-3-5-8-12/h3-5,7-8,11H,6,9-10H2,1-2H3,(H,20,21). The van der Waals surface area contributed by atoms with Crippen LogP contribution in [0.2, 0.25) is 0 Å². The second kappa shape index (κ2) is 7.44. The van der Waals surface area contributed by atoms with E-state index in [1.54, 1.807) is 17.9 Å². The summed E-state index contributed by atoms with van der Waals surface area (Å²) in [7, 11) is 3.10. The molecule has 0 fully saturated rings. The van der Waals surface area contributed by atoms with Crippen molar-refractivity contribution in [3.63, 3.8) is 0 Å². The highest BCUT2D eigenvalue weighted by Gasteiger charge is 2.21. The predicted molar refractivity (Wildman–Crippen MR) is 83.9 cm³/mol. The number of carbonyl (C=O) groups is 2. The molecule has 1 aromatic heterocycles. The van der Waals surface area contributed by atoms with Gasteiger partial charge in [-0.05, 0) is 18.6 Å². The molecular formula is C16H19N3O4. The largest absolute Gasteiger partial charge is 0.493 e. The fourth-order valence-electron chi connectivity index (χ4n) is 2.12. The molecule has 1 N–H and O–H groups in total. The Morgan fingerprint density at radius 3 is 2.61 bits per heavy atom. The Morgan fingerprint density at radius 2 is 2.00 bits per heavy atom. The molecule has 0 saturated heterocycles. The number of carbonyl (C=O) groups excluding carboxylic acids is 1. The fraction of sp³-hybridized carbons (Fsp3) is 0.312. The molecule has 0 aliphatic heterocycles. The smallest absolute Gasteiger partial charge is 0.303 e. The minimum absolute atomic E-state index is 0.0210. The zero-order valence-corrected chi connectivity index (χ0v) is 13.1. The molecular weight excluding hydrogens is 298 g/mol. The molecule has 2 aromatic rings. The Hall–Kier alpha value is -2.83. The maximum Gasteiger partial charge on any atom is 0.303 e. The third kappa shape index (κ3) is 4.09. The summed E-state index contributed by atoms with van der Waals surface area (Å²) in [5.74, 6) is -0.803. The van der Waals surface area contributed by atoms with Crippen molar-refractivity contribution < 1.29 is 19.4 Å². The summed E-state index contributed by atoms with van der Waals surface area (Å²) in [5, 5.41) is 13.0. The summed E-state index contributed by atoms with van der Waals surface area (Å²) in [4.78, 5) is 24.5. The van der Waals surface area contributed by atoms with Crippen molar-refractivity contribution in [3.05, 3.63) is 42.2 Å². The lowest BCUT2D eigenvalue weighted by atomic mass is 10.3. The van der Waals surface area contributed by atoms with E-state index in [0.717, 1.165) is 5.69 Å². The van der Waals surface area contributed by atoms with E-state index in [1.807, 2.05) is 30.3 Å². The number of aromatic nitrogens is 2. The van der Waals surface area contributed by atoms with Crippen LogP contribution in [0.1, 0.15) is 23.3 Å². The molecule has 2 rings (SSSR count). The number of hydrogen-bond acceptors (Lipinski definition) is 4. The summed E-state index contributed by atoms with van der Waals surface area (Å²) >= 11 is 0. The van der Waals surface area contributed by atoms with Crippen molar-refractivity contribution in [1.82, 2.24) is 14.7 Å². The zero-order chi connectivity index (χ0) is 16.8. The Morgan fingerprint density at radius 1 is 1.30 bits per heavy atom. The van der Waals surface area contributed by atoms with E-state index in [0.29, 0.717) is 18.7 Å². The molecule has 0 spiro atoms. The highest BCUT2D eigenvalue weighted by Crippen LogP contribution is 2.20. The molecule has 0 aliphatic rings. The van der Waals surface area contributed by atoms with Gasteiger partial charge >= 0.3 is 5.97 Å². The summed E-state index contributed by atoms with van der Waals surface area (Å²) in [6, 6.07) is 9.40. The molecule has 122 valence electrons. The average molecular weight is 317 g/mol. The first-order chi connectivity index (χ1) is 11.0. The third-order valence-corrected chi connectivity index (χ3v) is 3.35. The second-order valence-electron chi connectivity index (χ2n) is 5.05. The molecule has 0 radical (unpaired) electrons. The molecule has 0 saturated carbocycles. The zero-order valence-electron chi connectivity index (χ0n) is 13.1. The van der Waals surface area contributed by atoms with E-state index < -0.39 is 5.97 Å². The molecule has 1 amide bonds. The first kappa shape index (κ1) is 16.5. The van der Waals surface area contributed by atoms with Gasteiger partial charge in [0, 0.05) is 20.0 Å². The fourth-order valence-corrected chi connectivity index (χ4v) is 2.12. The Bertz CT molecular complexity index is 682. The summed E-state index contributed by atoms with van der Waals surface area (Å²) in [5.41, 5.74) is 1.02. The van der Waals surface area contributed by atoms with Crippen LogP contribution in [0.25, 0.3) is 5.69 Å². The molecule has 0 unspecified atom stereocenters. The van der Waals surface area contributed by atoms with Crippen LogP contribution >= 0.6 is 0 Å². The summed E-state index contributed by atoms with van der Waals surface area (Å²) in [6.07, 6.45) is 2.06. The van der Waals surface area contributed by atoms with E-state index in [4.69, 9.17) is 9.84 Å². The lowest BCUT2D eigenvalue weighted by Gasteiger charge is -2.15. The van der Waals surface area contributed by atoms with Gasteiger partial charge in [-0.25, -0.2) is 4.68 Å². The highest BCUT2D eigenvalue weighted by atomic mass is 16.5. The Labute approximate surface area is 134 Å². The first-order valence-electron chi connectivity index (χ1n) is 7.19. The number of methoxy groups -OCH3 is 1. The van der Waals surface area contributed by atoms with E-state index >= 15 is 0 Å². The van der Waals surface area contributed by atoms with Crippen molar-refractivity contribution >= 4 is 11.9 Å². The van der Waals surface area contributed by atoms with Gasteiger partial charge in [0.1, 0.15) is 0 Å². The van der Waals surface area contributed by atoms with Crippen LogP contribution in [0.5, 0.6) is 5.75 Å². The molecule has 0 atom stereocenters. The Kier molecular flexibility index (Phi) is 5.35. The molecule has 0 aliphatic carbocycles. The molecule has 7 nitrogen and oxygen atoms in total. The van der Waals surface area contributed by atoms with Crippen molar-refractivity contribution in [2.45, 2.75) is 12.8 Å². The highest BCUT2D eigenvalue weighted by molar-refractivity contribution is 5.94. The SMILES string of the molecule is COc1cn(-c2ccccc2)nc1C(=O)N(C)CCCC(=O)O. The van der Waals surface area contributed by atoms with E-state index in [1.165, 1.54) is 12.0 Å². The van der Waals surface area contributed by atoms with E-state index in [2.05, 4.69) is 5.10 Å². The maximum atomic E-state index is 12.5. The number of benzene rings is 1. The Balaban J connectivity index is 2.16. The number of para-hydroxylation sites is 1. The van der Waals surface area contributed by atoms with Gasteiger partial charge in [0.05, 0.1) is 19.0 Å². The molecule has 7 heteroatoms. The topological polar surface area (TPSA) is 84.7 Å². The number of carboxylic acids is 1. The van der Waals surface area contributed by atoms with Gasteiger partial charge in [-0.2, -0.15) is 5.10 Å². The van der Waals surface area contributed by atoms with Crippen LogP contribution in [-0.4, -0.2) is 52.4 Å². The van der Waals surface area contributed by atoms with Crippen LogP contribution in [0.3, 0.4) is 0 Å². The number of amides is 1. The molecule has 0 bridgehead atoms. The number of nitrogens with zero attached hydrogens (tertiary/aromatic N) is 3. The van der Waals surface area contributed by atoms with Crippen LogP contribution in [0.4, 0.5) is 0 Å². The number of hydrogen-bond donors (Lipinski definition) is 1. The van der Waals surface area contributed by atoms with Crippen molar-refractivity contribution in [1.29, 1.82) is 0 Å². The summed E-state index contributed by atoms with van der Waals surface area (Å²) < 4.78 is 6.82. The third-order valence-electron chi connectivity index (χ3n) is 3.35. The van der Waals surface area contributed by atoms with Gasteiger partial charge in [-0.15, -0.1) is 0 Å².